The number of hydrogen-bond donors (Lipinski definition) is 3. The molecule has 2 amide bonds. The molecule has 1 aromatic carbocycles. The van der Waals surface area contributed by atoms with Gasteiger partial charge in [-0.2, -0.15) is 0 Å². The van der Waals surface area contributed by atoms with Crippen LogP contribution >= 0.6 is 0 Å². The van der Waals surface area contributed by atoms with Crippen LogP contribution in [0.1, 0.15) is 18.9 Å². The molecule has 3 N–H and O–H groups in total. The Morgan fingerprint density at radius 2 is 2.00 bits per heavy atom. The Morgan fingerprint density at radius 3 is 2.85 bits per heavy atom. The van der Waals surface area contributed by atoms with E-state index in [1.54, 1.807) is 12.1 Å². The molecule has 0 aliphatic carbocycles. The molecule has 0 spiro atoms. The number of rotatable bonds is 10. The Bertz CT molecular complexity index is 1400. The highest BCUT2D eigenvalue weighted by atomic mass is 16.6. The van der Waals surface area contributed by atoms with Crippen LogP contribution in [-0.2, 0) is 16.1 Å². The number of benzene rings is 1. The highest BCUT2D eigenvalue weighted by Gasteiger charge is 2.33. The largest absolute Gasteiger partial charge is 0.480 e. The predicted octanol–water partition coefficient (Wildman–Crippen LogP) is 2.97. The molecule has 2 unspecified atom stereocenters. The van der Waals surface area contributed by atoms with E-state index in [9.17, 15) is 9.59 Å². The standard InChI is InChI=1S/C29H32N6O5/c1-18(21-14-31-15-21)39-27-7-3-6-23(32-27)20-5-2-4-19(12-20)13-30-11-10-22-16-35(29(37)40-22)25-9-8-24-28(33-25)34-26(36)17-38-24/h2-9,12,18,21-22,30-31H,10-11,13-17H2,1H3,(H,33,34,36). The van der Waals surface area contributed by atoms with Crippen molar-refractivity contribution in [1.29, 1.82) is 0 Å². The number of fused-ring (bicyclic) bond motifs is 1. The summed E-state index contributed by atoms with van der Waals surface area (Å²) >= 11 is 0. The van der Waals surface area contributed by atoms with Crippen molar-refractivity contribution in [2.45, 2.75) is 32.1 Å². The predicted molar refractivity (Wildman–Crippen MR) is 148 cm³/mol. The summed E-state index contributed by atoms with van der Waals surface area (Å²) in [5.41, 5.74) is 3.03. The summed E-state index contributed by atoms with van der Waals surface area (Å²) in [5, 5.41) is 9.39. The van der Waals surface area contributed by atoms with Crippen molar-refractivity contribution < 1.29 is 23.8 Å². The summed E-state index contributed by atoms with van der Waals surface area (Å²) < 4.78 is 17.0. The van der Waals surface area contributed by atoms with E-state index < -0.39 is 6.09 Å². The second-order valence-electron chi connectivity index (χ2n) is 10.2. The van der Waals surface area contributed by atoms with Gasteiger partial charge in [0.15, 0.2) is 18.2 Å². The summed E-state index contributed by atoms with van der Waals surface area (Å²) in [6.45, 7) is 5.75. The third-order valence-corrected chi connectivity index (χ3v) is 7.31. The maximum absolute atomic E-state index is 12.5. The molecule has 11 heteroatoms. The van der Waals surface area contributed by atoms with E-state index in [0.717, 1.165) is 29.9 Å². The Morgan fingerprint density at radius 1 is 1.12 bits per heavy atom. The molecule has 5 heterocycles. The van der Waals surface area contributed by atoms with Gasteiger partial charge in [-0.15, -0.1) is 0 Å². The number of anilines is 2. The molecule has 3 aromatic rings. The van der Waals surface area contributed by atoms with Gasteiger partial charge in [0.2, 0.25) is 5.88 Å². The molecule has 3 aliphatic rings. The fourth-order valence-corrected chi connectivity index (χ4v) is 4.87. The summed E-state index contributed by atoms with van der Waals surface area (Å²) in [7, 11) is 0. The van der Waals surface area contributed by atoms with Crippen LogP contribution in [0.15, 0.2) is 54.6 Å². The number of hydrogen-bond acceptors (Lipinski definition) is 9. The summed E-state index contributed by atoms with van der Waals surface area (Å²) in [5.74, 6) is 2.10. The zero-order chi connectivity index (χ0) is 27.5. The number of pyridine rings is 2. The number of nitrogens with zero attached hydrogens (tertiary/aromatic N) is 3. The first kappa shape index (κ1) is 26.0. The number of carbonyl (C=O) groups excluding carboxylic acids is 2. The van der Waals surface area contributed by atoms with E-state index in [2.05, 4.69) is 40.0 Å². The maximum atomic E-state index is 12.5. The van der Waals surface area contributed by atoms with Crippen molar-refractivity contribution in [3.05, 3.63) is 60.2 Å². The lowest BCUT2D eigenvalue weighted by atomic mass is 9.98. The summed E-state index contributed by atoms with van der Waals surface area (Å²) in [6.07, 6.45) is 0.0607. The van der Waals surface area contributed by atoms with E-state index in [4.69, 9.17) is 19.2 Å². The monoisotopic (exact) mass is 544 g/mol. The average molecular weight is 545 g/mol. The van der Waals surface area contributed by atoms with E-state index in [-0.39, 0.29) is 24.7 Å². The van der Waals surface area contributed by atoms with Gasteiger partial charge in [-0.05, 0) is 49.7 Å². The van der Waals surface area contributed by atoms with E-state index in [1.165, 1.54) is 4.90 Å². The summed E-state index contributed by atoms with van der Waals surface area (Å²) in [6, 6.07) is 17.5. The molecule has 2 fully saturated rings. The van der Waals surface area contributed by atoms with Crippen molar-refractivity contribution in [2.75, 3.05) is 43.0 Å². The molecule has 208 valence electrons. The highest BCUT2D eigenvalue weighted by Crippen LogP contribution is 2.30. The first-order valence-corrected chi connectivity index (χ1v) is 13.6. The minimum Gasteiger partial charge on any atom is -0.480 e. The zero-order valence-corrected chi connectivity index (χ0v) is 22.3. The smallest absolute Gasteiger partial charge is 0.415 e. The van der Waals surface area contributed by atoms with E-state index >= 15 is 0 Å². The minimum absolute atomic E-state index is 0.0455. The van der Waals surface area contributed by atoms with Crippen molar-refractivity contribution in [2.24, 2.45) is 5.92 Å². The quantitative estimate of drug-likeness (QED) is 0.330. The van der Waals surface area contributed by atoms with Gasteiger partial charge < -0.3 is 30.2 Å². The van der Waals surface area contributed by atoms with E-state index in [1.807, 2.05) is 30.3 Å². The molecule has 2 aromatic heterocycles. The second kappa shape index (κ2) is 11.5. The Labute approximate surface area is 232 Å². The molecule has 3 aliphatic heterocycles. The van der Waals surface area contributed by atoms with Crippen LogP contribution in [0.25, 0.3) is 11.3 Å². The molecule has 2 atom stereocenters. The topological polar surface area (TPSA) is 127 Å². The minimum atomic E-state index is -0.453. The van der Waals surface area contributed by atoms with Crippen LogP contribution < -0.4 is 30.3 Å². The van der Waals surface area contributed by atoms with Gasteiger partial charge in [-0.3, -0.25) is 9.69 Å². The maximum Gasteiger partial charge on any atom is 0.415 e. The van der Waals surface area contributed by atoms with Crippen LogP contribution in [0.2, 0.25) is 0 Å². The highest BCUT2D eigenvalue weighted by molar-refractivity contribution is 5.95. The second-order valence-corrected chi connectivity index (χ2v) is 10.2. The molecule has 6 rings (SSSR count). The number of carbonyl (C=O) groups is 2. The van der Waals surface area contributed by atoms with Gasteiger partial charge in [0.25, 0.3) is 5.91 Å². The van der Waals surface area contributed by atoms with E-state index in [0.29, 0.717) is 55.2 Å². The van der Waals surface area contributed by atoms with Gasteiger partial charge in [0.1, 0.15) is 18.0 Å². The first-order valence-electron chi connectivity index (χ1n) is 13.6. The lowest BCUT2D eigenvalue weighted by Gasteiger charge is -2.32. The lowest BCUT2D eigenvalue weighted by molar-refractivity contribution is -0.118. The molecule has 0 bridgehead atoms. The molecule has 0 saturated carbocycles. The Kier molecular flexibility index (Phi) is 7.47. The third kappa shape index (κ3) is 5.85. The van der Waals surface area contributed by atoms with Gasteiger partial charge >= 0.3 is 6.09 Å². The number of cyclic esters (lactones) is 1. The van der Waals surface area contributed by atoms with Gasteiger partial charge in [-0.25, -0.2) is 14.8 Å². The van der Waals surface area contributed by atoms with Gasteiger partial charge in [0.05, 0.1) is 12.2 Å². The Hall–Kier alpha value is -4.22. The van der Waals surface area contributed by atoms with Crippen molar-refractivity contribution in [1.82, 2.24) is 20.6 Å². The molecular formula is C29H32N6O5. The normalized spacial score (nSPS) is 19.2. The molecule has 0 radical (unpaired) electrons. The van der Waals surface area contributed by atoms with Gasteiger partial charge in [-0.1, -0.05) is 24.3 Å². The first-order chi connectivity index (χ1) is 19.5. The molecule has 2 saturated heterocycles. The van der Waals surface area contributed by atoms with Gasteiger partial charge in [0, 0.05) is 37.2 Å². The third-order valence-electron chi connectivity index (χ3n) is 7.31. The number of nitrogens with one attached hydrogen (secondary N) is 3. The van der Waals surface area contributed by atoms with Crippen LogP contribution in [-0.4, -0.2) is 67.0 Å². The number of amides is 2. The molecule has 11 nitrogen and oxygen atoms in total. The Balaban J connectivity index is 0.996. The summed E-state index contributed by atoms with van der Waals surface area (Å²) in [4.78, 5) is 34.7. The van der Waals surface area contributed by atoms with Crippen LogP contribution in [0.3, 0.4) is 0 Å². The zero-order valence-electron chi connectivity index (χ0n) is 22.3. The average Bonchev–Trinajstić information content (AvgIpc) is 3.30. The van der Waals surface area contributed by atoms with Crippen molar-refractivity contribution in [3.63, 3.8) is 0 Å². The van der Waals surface area contributed by atoms with Crippen molar-refractivity contribution >= 4 is 23.6 Å². The fraction of sp³-hybridized carbons (Fsp3) is 0.379. The fourth-order valence-electron chi connectivity index (χ4n) is 4.87. The van der Waals surface area contributed by atoms with Crippen molar-refractivity contribution in [3.8, 4) is 22.9 Å². The molecule has 40 heavy (non-hydrogen) atoms. The van der Waals surface area contributed by atoms with Crippen LogP contribution in [0.5, 0.6) is 11.6 Å². The number of ether oxygens (including phenoxy) is 3. The SMILES string of the molecule is CC(Oc1cccc(-c2cccc(CNCCC3CN(c4ccc5c(n4)NC(=O)CO5)C(=O)O3)c2)n1)C1CNC1. The lowest BCUT2D eigenvalue weighted by Crippen LogP contribution is -2.49. The number of aromatic nitrogens is 2. The van der Waals surface area contributed by atoms with Crippen LogP contribution in [0.4, 0.5) is 16.4 Å². The molecular weight excluding hydrogens is 512 g/mol. The van der Waals surface area contributed by atoms with Crippen LogP contribution in [0, 0.1) is 5.92 Å².